The topological polar surface area (TPSA) is 69.7 Å². The molecule has 0 aliphatic rings. The van der Waals surface area contributed by atoms with Gasteiger partial charge >= 0.3 is 21.6 Å². The first kappa shape index (κ1) is 20.9. The molecule has 0 aromatic carbocycles. The highest BCUT2D eigenvalue weighted by atomic mass is 35.5. The van der Waals surface area contributed by atoms with E-state index in [1.54, 1.807) is 0 Å². The minimum absolute atomic E-state index is 0.0527. The van der Waals surface area contributed by atoms with Crippen LogP contribution in [-0.4, -0.2) is 39.0 Å². The third-order valence-electron chi connectivity index (χ3n) is 2.49. The van der Waals surface area contributed by atoms with Crippen LogP contribution in [0.15, 0.2) is 23.8 Å². The lowest BCUT2D eigenvalue weighted by atomic mass is 10.0. The fraction of sp³-hybridized carbons (Fsp3) is 0.583. The number of rotatable bonds is 7. The normalized spacial score (nSPS) is 16.6. The fourth-order valence-corrected chi connectivity index (χ4v) is 2.08. The molecule has 5 nitrogen and oxygen atoms in total. The number of hydrogen-bond acceptors (Lipinski definition) is 5. The monoisotopic (exact) mass is 364 g/mol. The van der Waals surface area contributed by atoms with Gasteiger partial charge in [-0.2, -0.15) is 21.6 Å². The summed E-state index contributed by atoms with van der Waals surface area (Å²) in [5.74, 6) is -1.24. The van der Waals surface area contributed by atoms with E-state index in [1.807, 2.05) is 0 Å². The van der Waals surface area contributed by atoms with E-state index in [2.05, 4.69) is 8.92 Å². The molecule has 0 aliphatic heterocycles. The lowest BCUT2D eigenvalue weighted by Gasteiger charge is -2.13. The van der Waals surface area contributed by atoms with E-state index in [0.29, 0.717) is 5.57 Å². The van der Waals surface area contributed by atoms with Crippen LogP contribution in [0.5, 0.6) is 0 Å². The van der Waals surface area contributed by atoms with E-state index in [9.17, 15) is 26.4 Å². The molecule has 0 amide bonds. The van der Waals surface area contributed by atoms with E-state index in [-0.39, 0.29) is 5.88 Å². The predicted octanol–water partition coefficient (Wildman–Crippen LogP) is 2.77. The highest BCUT2D eigenvalue weighted by Gasteiger charge is 2.47. The Bertz CT molecular complexity index is 539. The van der Waals surface area contributed by atoms with Gasteiger partial charge < -0.3 is 4.74 Å². The van der Waals surface area contributed by atoms with Crippen molar-refractivity contribution in [2.75, 3.05) is 13.0 Å². The molecule has 22 heavy (non-hydrogen) atoms. The zero-order valence-electron chi connectivity index (χ0n) is 12.1. The van der Waals surface area contributed by atoms with Crippen LogP contribution in [-0.2, 0) is 23.8 Å². The average molecular weight is 365 g/mol. The molecule has 0 aliphatic carbocycles. The zero-order chi connectivity index (χ0) is 17.6. The molecule has 0 spiro atoms. The number of allylic oxidation sites excluding steroid dienone is 2. The van der Waals surface area contributed by atoms with Crippen molar-refractivity contribution in [1.29, 1.82) is 0 Å². The Morgan fingerprint density at radius 1 is 1.32 bits per heavy atom. The van der Waals surface area contributed by atoms with Gasteiger partial charge in [-0.1, -0.05) is 18.2 Å². The Morgan fingerprint density at radius 3 is 2.27 bits per heavy atom. The van der Waals surface area contributed by atoms with E-state index in [4.69, 9.17) is 11.6 Å². The summed E-state index contributed by atoms with van der Waals surface area (Å²) in [5.41, 5.74) is -5.13. The van der Waals surface area contributed by atoms with Gasteiger partial charge in [-0.3, -0.25) is 8.98 Å². The number of methoxy groups -OCH3 is 1. The van der Waals surface area contributed by atoms with Crippen molar-refractivity contribution in [3.05, 3.63) is 23.8 Å². The summed E-state index contributed by atoms with van der Waals surface area (Å²) in [6, 6.07) is 0. The SMILES string of the molecule is COC(=O)C(C)C(/C=C\C(C)OS(=O)(=O)C(F)(F)F)=C/CCl. The van der Waals surface area contributed by atoms with Crippen LogP contribution in [0.4, 0.5) is 13.2 Å². The van der Waals surface area contributed by atoms with E-state index < -0.39 is 33.6 Å². The van der Waals surface area contributed by atoms with Crippen molar-refractivity contribution in [2.45, 2.75) is 25.5 Å². The summed E-state index contributed by atoms with van der Waals surface area (Å²) in [5, 5.41) is 0. The second-order valence-electron chi connectivity index (χ2n) is 4.16. The lowest BCUT2D eigenvalue weighted by Crippen LogP contribution is -2.28. The molecule has 0 bridgehead atoms. The molecule has 10 heteroatoms. The Kier molecular flexibility index (Phi) is 8.13. The molecule has 0 heterocycles. The zero-order valence-corrected chi connectivity index (χ0v) is 13.6. The number of ether oxygens (including phenoxy) is 1. The smallest absolute Gasteiger partial charge is 0.469 e. The Balaban J connectivity index is 5.07. The minimum atomic E-state index is -5.69. The van der Waals surface area contributed by atoms with Crippen LogP contribution in [0.2, 0.25) is 0 Å². The fourth-order valence-electron chi connectivity index (χ4n) is 1.32. The standard InChI is InChI=1S/C12H16ClF3O5S/c1-8(21-22(18,19)12(14,15)16)4-5-10(6-7-13)9(2)11(17)20-3/h4-6,8-9H,7H2,1-3H3/b5-4-,10-6+. The Morgan fingerprint density at radius 2 is 1.86 bits per heavy atom. The van der Waals surface area contributed by atoms with Crippen molar-refractivity contribution < 1.29 is 35.3 Å². The molecule has 0 saturated heterocycles. The molecule has 0 saturated carbocycles. The van der Waals surface area contributed by atoms with Crippen LogP contribution >= 0.6 is 11.6 Å². The van der Waals surface area contributed by atoms with E-state index in [1.165, 1.54) is 26.2 Å². The first-order valence-electron chi connectivity index (χ1n) is 5.97. The highest BCUT2D eigenvalue weighted by Crippen LogP contribution is 2.26. The number of alkyl halides is 4. The van der Waals surface area contributed by atoms with Gasteiger partial charge in [-0.25, -0.2) is 0 Å². The molecule has 0 fully saturated rings. The third kappa shape index (κ3) is 6.37. The molecule has 0 rings (SSSR count). The second kappa shape index (κ2) is 8.54. The van der Waals surface area contributed by atoms with E-state index >= 15 is 0 Å². The average Bonchev–Trinajstić information content (AvgIpc) is 2.39. The van der Waals surface area contributed by atoms with Gasteiger partial charge in [-0.05, 0) is 19.4 Å². The van der Waals surface area contributed by atoms with Crippen LogP contribution in [0.1, 0.15) is 13.8 Å². The second-order valence-corrected chi connectivity index (χ2v) is 6.04. The van der Waals surface area contributed by atoms with Gasteiger partial charge in [0.05, 0.1) is 19.1 Å². The van der Waals surface area contributed by atoms with Gasteiger partial charge in [0.1, 0.15) is 0 Å². The lowest BCUT2D eigenvalue weighted by molar-refractivity contribution is -0.143. The first-order valence-corrected chi connectivity index (χ1v) is 7.92. The van der Waals surface area contributed by atoms with Crippen molar-refractivity contribution in [2.24, 2.45) is 5.92 Å². The maximum atomic E-state index is 12.2. The van der Waals surface area contributed by atoms with E-state index in [0.717, 1.165) is 13.0 Å². The van der Waals surface area contributed by atoms with Crippen LogP contribution in [0.3, 0.4) is 0 Å². The largest absolute Gasteiger partial charge is 0.523 e. The number of halogens is 4. The van der Waals surface area contributed by atoms with Crippen LogP contribution in [0.25, 0.3) is 0 Å². The van der Waals surface area contributed by atoms with Crippen LogP contribution < -0.4 is 0 Å². The molecule has 0 aromatic heterocycles. The molecule has 2 unspecified atom stereocenters. The third-order valence-corrected chi connectivity index (χ3v) is 3.77. The maximum absolute atomic E-state index is 12.2. The molecular weight excluding hydrogens is 349 g/mol. The van der Waals surface area contributed by atoms with Crippen molar-refractivity contribution in [3.8, 4) is 0 Å². The van der Waals surface area contributed by atoms with Crippen LogP contribution in [0, 0.1) is 5.92 Å². The molecular formula is C12H16ClF3O5S. The quantitative estimate of drug-likeness (QED) is 0.228. The molecule has 0 aromatic rings. The van der Waals surface area contributed by atoms with Gasteiger partial charge in [0.2, 0.25) is 0 Å². The number of hydrogen-bond donors (Lipinski definition) is 0. The summed E-state index contributed by atoms with van der Waals surface area (Å²) in [7, 11) is -4.50. The minimum Gasteiger partial charge on any atom is -0.469 e. The first-order chi connectivity index (χ1) is 9.96. The summed E-state index contributed by atoms with van der Waals surface area (Å²) < 4.78 is 66.7. The molecule has 128 valence electrons. The summed E-state index contributed by atoms with van der Waals surface area (Å²) in [6.45, 7) is 2.62. The highest BCUT2D eigenvalue weighted by molar-refractivity contribution is 7.87. The van der Waals surface area contributed by atoms with Crippen molar-refractivity contribution >= 4 is 27.7 Å². The summed E-state index contributed by atoms with van der Waals surface area (Å²) in [6.07, 6.45) is 2.40. The number of esters is 1. The predicted molar refractivity (Wildman–Crippen MR) is 74.6 cm³/mol. The summed E-state index contributed by atoms with van der Waals surface area (Å²) in [4.78, 5) is 11.4. The Labute approximate surface area is 131 Å². The molecule has 0 N–H and O–H groups in total. The Hall–Kier alpha value is -1.06. The van der Waals surface area contributed by atoms with Gasteiger partial charge in [-0.15, -0.1) is 11.6 Å². The van der Waals surface area contributed by atoms with Crippen molar-refractivity contribution in [1.82, 2.24) is 0 Å². The van der Waals surface area contributed by atoms with Gasteiger partial charge in [0.15, 0.2) is 0 Å². The summed E-state index contributed by atoms with van der Waals surface area (Å²) >= 11 is 5.53. The molecule has 0 radical (unpaired) electrons. The number of carbonyl (C=O) groups excluding carboxylic acids is 1. The van der Waals surface area contributed by atoms with Gasteiger partial charge in [0.25, 0.3) is 0 Å². The molecule has 2 atom stereocenters. The van der Waals surface area contributed by atoms with Gasteiger partial charge in [0, 0.05) is 5.88 Å². The van der Waals surface area contributed by atoms with Crippen molar-refractivity contribution in [3.63, 3.8) is 0 Å². The number of carbonyl (C=O) groups is 1. The maximum Gasteiger partial charge on any atom is 0.523 e.